The maximum Gasteiger partial charge on any atom is 0.272 e. The van der Waals surface area contributed by atoms with Crippen LogP contribution in [0.4, 0.5) is 11.4 Å². The summed E-state index contributed by atoms with van der Waals surface area (Å²) in [7, 11) is 0. The molecule has 1 N–H and O–H groups in total. The van der Waals surface area contributed by atoms with Crippen molar-refractivity contribution in [3.63, 3.8) is 0 Å². The van der Waals surface area contributed by atoms with Crippen LogP contribution in [0.15, 0.2) is 36.4 Å². The minimum absolute atomic E-state index is 0.171. The lowest BCUT2D eigenvalue weighted by Gasteiger charge is -2.10. The van der Waals surface area contributed by atoms with Crippen molar-refractivity contribution in [2.45, 2.75) is 27.3 Å². The quantitative estimate of drug-likeness (QED) is 0.671. The van der Waals surface area contributed by atoms with Gasteiger partial charge >= 0.3 is 0 Å². The van der Waals surface area contributed by atoms with Gasteiger partial charge in [0, 0.05) is 23.9 Å². The molecule has 4 heteroatoms. The van der Waals surface area contributed by atoms with Gasteiger partial charge < -0.3 is 5.32 Å². The number of nitro benzene ring substituents is 1. The molecular formula is C16H18N2O2. The van der Waals surface area contributed by atoms with E-state index in [-0.39, 0.29) is 10.6 Å². The summed E-state index contributed by atoms with van der Waals surface area (Å²) in [4.78, 5) is 10.6. The van der Waals surface area contributed by atoms with Gasteiger partial charge in [0.2, 0.25) is 0 Å². The van der Waals surface area contributed by atoms with Gasteiger partial charge in [0.05, 0.1) is 4.92 Å². The predicted octanol–water partition coefficient (Wildman–Crippen LogP) is 4.13. The van der Waals surface area contributed by atoms with Crippen molar-refractivity contribution in [2.24, 2.45) is 0 Å². The van der Waals surface area contributed by atoms with Crippen molar-refractivity contribution in [3.05, 3.63) is 68.8 Å². The number of aryl methyl sites for hydroxylation is 3. The van der Waals surface area contributed by atoms with Crippen LogP contribution in [-0.4, -0.2) is 4.92 Å². The van der Waals surface area contributed by atoms with Crippen LogP contribution < -0.4 is 5.32 Å². The average molecular weight is 270 g/mol. The molecule has 0 aliphatic rings. The number of nitrogens with zero attached hydrogens (tertiary/aromatic N) is 1. The van der Waals surface area contributed by atoms with Gasteiger partial charge in [0.25, 0.3) is 5.69 Å². The second-order valence-electron chi connectivity index (χ2n) is 5.05. The van der Waals surface area contributed by atoms with E-state index in [1.807, 2.05) is 25.1 Å². The van der Waals surface area contributed by atoms with E-state index in [1.54, 1.807) is 19.1 Å². The van der Waals surface area contributed by atoms with Crippen LogP contribution in [0, 0.1) is 30.9 Å². The highest BCUT2D eigenvalue weighted by molar-refractivity contribution is 5.52. The molecule has 0 amide bonds. The second-order valence-corrected chi connectivity index (χ2v) is 5.05. The average Bonchev–Trinajstić information content (AvgIpc) is 2.39. The van der Waals surface area contributed by atoms with Gasteiger partial charge in [-0.25, -0.2) is 0 Å². The molecule has 104 valence electrons. The molecule has 0 spiro atoms. The summed E-state index contributed by atoms with van der Waals surface area (Å²) in [6, 6.07) is 11.5. The number of anilines is 1. The standard InChI is InChI=1S/C16H18N2O2/c1-11-4-7-15(13(3)8-11)17-10-14-6-5-12(2)16(9-14)18(19)20/h4-9,17H,10H2,1-3H3. The molecule has 0 heterocycles. The SMILES string of the molecule is Cc1ccc(NCc2ccc(C)c([N+](=O)[O-])c2)c(C)c1. The van der Waals surface area contributed by atoms with Crippen LogP contribution in [0.5, 0.6) is 0 Å². The van der Waals surface area contributed by atoms with Crippen molar-refractivity contribution in [2.75, 3.05) is 5.32 Å². The molecule has 4 nitrogen and oxygen atoms in total. The Kier molecular flexibility index (Phi) is 4.03. The van der Waals surface area contributed by atoms with Crippen molar-refractivity contribution >= 4 is 11.4 Å². The fourth-order valence-electron chi connectivity index (χ4n) is 2.17. The Hall–Kier alpha value is -2.36. The Morgan fingerprint density at radius 2 is 1.80 bits per heavy atom. The lowest BCUT2D eigenvalue weighted by atomic mass is 10.1. The molecule has 0 aliphatic heterocycles. The van der Waals surface area contributed by atoms with E-state index >= 15 is 0 Å². The molecule has 2 aromatic rings. The maximum atomic E-state index is 10.9. The molecule has 2 aromatic carbocycles. The molecule has 0 fully saturated rings. The van der Waals surface area contributed by atoms with Gasteiger partial charge in [-0.15, -0.1) is 0 Å². The third-order valence-electron chi connectivity index (χ3n) is 3.34. The molecule has 2 rings (SSSR count). The smallest absolute Gasteiger partial charge is 0.272 e. The zero-order valence-electron chi connectivity index (χ0n) is 11.9. The highest BCUT2D eigenvalue weighted by Gasteiger charge is 2.10. The zero-order valence-corrected chi connectivity index (χ0v) is 11.9. The molecule has 0 aliphatic carbocycles. The Morgan fingerprint density at radius 1 is 1.05 bits per heavy atom. The van der Waals surface area contributed by atoms with E-state index in [2.05, 4.69) is 18.3 Å². The molecule has 0 atom stereocenters. The summed E-state index contributed by atoms with van der Waals surface area (Å²) in [5.41, 5.74) is 5.21. The number of nitrogens with one attached hydrogen (secondary N) is 1. The summed E-state index contributed by atoms with van der Waals surface area (Å²) in [6.45, 7) is 6.43. The first-order chi connectivity index (χ1) is 9.47. The van der Waals surface area contributed by atoms with Crippen LogP contribution in [-0.2, 0) is 6.54 Å². The van der Waals surface area contributed by atoms with E-state index in [9.17, 15) is 10.1 Å². The Bertz CT molecular complexity index is 651. The van der Waals surface area contributed by atoms with Crippen molar-refractivity contribution in [3.8, 4) is 0 Å². The van der Waals surface area contributed by atoms with E-state index in [1.165, 1.54) is 11.1 Å². The third kappa shape index (κ3) is 3.15. The van der Waals surface area contributed by atoms with Crippen LogP contribution in [0.3, 0.4) is 0 Å². The molecule has 0 bridgehead atoms. The molecule has 0 unspecified atom stereocenters. The summed E-state index contributed by atoms with van der Waals surface area (Å²) in [5, 5.41) is 14.2. The van der Waals surface area contributed by atoms with Crippen molar-refractivity contribution < 1.29 is 4.92 Å². The number of hydrogen-bond donors (Lipinski definition) is 1. The summed E-state index contributed by atoms with van der Waals surface area (Å²) < 4.78 is 0. The van der Waals surface area contributed by atoms with Gasteiger partial charge in [0.1, 0.15) is 0 Å². The molecule has 0 saturated heterocycles. The molecule has 0 aromatic heterocycles. The fraction of sp³-hybridized carbons (Fsp3) is 0.250. The summed E-state index contributed by atoms with van der Waals surface area (Å²) in [6.07, 6.45) is 0. The van der Waals surface area contributed by atoms with Gasteiger partial charge in [-0.05, 0) is 38.0 Å². The monoisotopic (exact) mass is 270 g/mol. The van der Waals surface area contributed by atoms with Crippen LogP contribution in [0.2, 0.25) is 0 Å². The van der Waals surface area contributed by atoms with Crippen LogP contribution in [0.25, 0.3) is 0 Å². The lowest BCUT2D eigenvalue weighted by molar-refractivity contribution is -0.385. The summed E-state index contributed by atoms with van der Waals surface area (Å²) >= 11 is 0. The van der Waals surface area contributed by atoms with Crippen LogP contribution in [0.1, 0.15) is 22.3 Å². The number of nitro groups is 1. The Morgan fingerprint density at radius 3 is 2.45 bits per heavy atom. The Balaban J connectivity index is 2.15. The highest BCUT2D eigenvalue weighted by Crippen LogP contribution is 2.21. The van der Waals surface area contributed by atoms with Crippen LogP contribution >= 0.6 is 0 Å². The Labute approximate surface area is 118 Å². The normalized spacial score (nSPS) is 10.3. The molecule has 20 heavy (non-hydrogen) atoms. The van der Waals surface area contributed by atoms with Crippen molar-refractivity contribution in [1.82, 2.24) is 0 Å². The number of hydrogen-bond acceptors (Lipinski definition) is 3. The predicted molar refractivity (Wildman–Crippen MR) is 81.1 cm³/mol. The maximum absolute atomic E-state index is 10.9. The van der Waals surface area contributed by atoms with E-state index in [4.69, 9.17) is 0 Å². The minimum Gasteiger partial charge on any atom is -0.381 e. The molecule has 0 saturated carbocycles. The lowest BCUT2D eigenvalue weighted by Crippen LogP contribution is -2.02. The summed E-state index contributed by atoms with van der Waals surface area (Å²) in [5.74, 6) is 0. The second kappa shape index (κ2) is 5.74. The van der Waals surface area contributed by atoms with Gasteiger partial charge in [-0.2, -0.15) is 0 Å². The number of rotatable bonds is 4. The first-order valence-electron chi connectivity index (χ1n) is 6.52. The van der Waals surface area contributed by atoms with Gasteiger partial charge in [-0.1, -0.05) is 29.8 Å². The fourth-order valence-corrected chi connectivity index (χ4v) is 2.17. The van der Waals surface area contributed by atoms with Gasteiger partial charge in [0.15, 0.2) is 0 Å². The first-order valence-corrected chi connectivity index (χ1v) is 6.52. The molecule has 0 radical (unpaired) electrons. The first kappa shape index (κ1) is 14.1. The topological polar surface area (TPSA) is 55.2 Å². The van der Waals surface area contributed by atoms with Gasteiger partial charge in [-0.3, -0.25) is 10.1 Å². The van der Waals surface area contributed by atoms with E-state index in [0.717, 1.165) is 11.3 Å². The zero-order chi connectivity index (χ0) is 14.7. The number of benzene rings is 2. The largest absolute Gasteiger partial charge is 0.381 e. The van der Waals surface area contributed by atoms with E-state index in [0.29, 0.717) is 12.1 Å². The highest BCUT2D eigenvalue weighted by atomic mass is 16.6. The third-order valence-corrected chi connectivity index (χ3v) is 3.34. The van der Waals surface area contributed by atoms with E-state index < -0.39 is 0 Å². The molecular weight excluding hydrogens is 252 g/mol. The van der Waals surface area contributed by atoms with Crippen molar-refractivity contribution in [1.29, 1.82) is 0 Å². The minimum atomic E-state index is -0.337.